The molecule has 0 bridgehead atoms. The number of unbranched alkanes of at least 4 members (excludes halogenated alkanes) is 2. The van der Waals surface area contributed by atoms with Crippen molar-refractivity contribution in [2.45, 2.75) is 83.4 Å². The zero-order chi connectivity index (χ0) is 42.8. The van der Waals surface area contributed by atoms with Gasteiger partial charge in [-0.2, -0.15) is 13.2 Å². The lowest BCUT2D eigenvalue weighted by atomic mass is 9.86. The molecular weight excluding hydrogens is 771 g/mol. The van der Waals surface area contributed by atoms with Crippen molar-refractivity contribution in [2.24, 2.45) is 5.73 Å². The second-order valence-electron chi connectivity index (χ2n) is 14.2. The molecular formula is C42H58F3N7O7. The average Bonchev–Trinajstić information content (AvgIpc) is 3.71. The number of alkyl halides is 3. The Morgan fingerprint density at radius 3 is 2.00 bits per heavy atom. The Bertz CT molecular complexity index is 1710. The molecule has 2 heterocycles. The van der Waals surface area contributed by atoms with Gasteiger partial charge in [-0.3, -0.25) is 4.79 Å². The fourth-order valence-corrected chi connectivity index (χ4v) is 5.70. The number of rotatable bonds is 27. The number of nitrogens with two attached hydrogens (primary N) is 1. The Balaban J connectivity index is 0.00000122. The number of amides is 1. The quantitative estimate of drug-likeness (QED) is 0.0546. The number of pyridine rings is 1. The summed E-state index contributed by atoms with van der Waals surface area (Å²) in [4.78, 5) is 26.0. The lowest BCUT2D eigenvalue weighted by molar-refractivity contribution is -0.192. The minimum atomic E-state index is -5.08. The van der Waals surface area contributed by atoms with Crippen molar-refractivity contribution in [3.63, 3.8) is 0 Å². The third-order valence-corrected chi connectivity index (χ3v) is 8.85. The maximum absolute atomic E-state index is 12.3. The molecule has 0 fully saturated rings. The number of nitrogens with zero attached hydrogens (tertiary/aromatic N) is 5. The van der Waals surface area contributed by atoms with Gasteiger partial charge >= 0.3 is 12.1 Å². The minimum absolute atomic E-state index is 0.0516. The Labute approximate surface area is 344 Å². The SMILES string of the molecule is CC(C)(CCCCOc1cc(-c2ccccc2)cc(-c2ccccc2)n1)c1nnnn1CCCCC(=O)NCCCOCCOCCOCCCN.O=C(O)C(F)(F)F. The molecule has 2 aromatic carbocycles. The van der Waals surface area contributed by atoms with E-state index in [0.29, 0.717) is 78.2 Å². The number of halogens is 3. The fraction of sp³-hybridized carbons (Fsp3) is 0.524. The van der Waals surface area contributed by atoms with Gasteiger partial charge in [-0.1, -0.05) is 74.5 Å². The van der Waals surface area contributed by atoms with Gasteiger partial charge in [0.2, 0.25) is 11.8 Å². The molecule has 0 aliphatic carbocycles. The first-order chi connectivity index (χ1) is 28.4. The Morgan fingerprint density at radius 1 is 0.763 bits per heavy atom. The van der Waals surface area contributed by atoms with Gasteiger partial charge in [-0.15, -0.1) is 5.10 Å². The van der Waals surface area contributed by atoms with Gasteiger partial charge in [0.25, 0.3) is 0 Å². The third-order valence-electron chi connectivity index (χ3n) is 8.85. The highest BCUT2D eigenvalue weighted by Crippen LogP contribution is 2.30. The summed E-state index contributed by atoms with van der Waals surface area (Å²) in [5.41, 5.74) is 9.37. The number of nitrogens with one attached hydrogen (secondary N) is 1. The summed E-state index contributed by atoms with van der Waals surface area (Å²) in [5, 5.41) is 22.7. The first kappa shape index (κ1) is 48.4. The first-order valence-electron chi connectivity index (χ1n) is 19.9. The van der Waals surface area contributed by atoms with Gasteiger partial charge in [0.1, 0.15) is 0 Å². The fourth-order valence-electron chi connectivity index (χ4n) is 5.70. The Hall–Kier alpha value is -4.97. The number of carboxylic acids is 1. The van der Waals surface area contributed by atoms with Crippen LogP contribution in [0.4, 0.5) is 13.2 Å². The summed E-state index contributed by atoms with van der Waals surface area (Å²) in [6.45, 7) is 10.3. The van der Waals surface area contributed by atoms with Gasteiger partial charge in [-0.25, -0.2) is 14.5 Å². The van der Waals surface area contributed by atoms with Gasteiger partial charge < -0.3 is 35.1 Å². The van der Waals surface area contributed by atoms with E-state index in [9.17, 15) is 18.0 Å². The van der Waals surface area contributed by atoms with Gasteiger partial charge in [0, 0.05) is 49.8 Å². The van der Waals surface area contributed by atoms with E-state index in [1.165, 1.54) is 0 Å². The van der Waals surface area contributed by atoms with Crippen molar-refractivity contribution in [1.82, 2.24) is 30.5 Å². The van der Waals surface area contributed by atoms with Crippen LogP contribution in [0, 0.1) is 0 Å². The third kappa shape index (κ3) is 19.6. The number of benzene rings is 2. The standard InChI is InChI=1S/C40H57N7O5.C2HF3O2/c1-40(2,20-10-12-26-52-38-32-35(33-15-5-3-6-16-33)31-36(43-38)34-17-7-4-8-18-34)39-44-45-46-47(39)23-11-9-19-37(48)42-22-14-25-50-28-30-51-29-27-49-24-13-21-41;3-2(4,5)1(6)7/h3-8,15-18,31-32H,9-14,19-30,41H2,1-2H3,(H,42,48);(H,6,7). The van der Waals surface area contributed by atoms with Crippen LogP contribution in [0.25, 0.3) is 22.4 Å². The van der Waals surface area contributed by atoms with E-state index in [0.717, 1.165) is 73.2 Å². The van der Waals surface area contributed by atoms with Crippen LogP contribution in [0.5, 0.6) is 5.88 Å². The van der Waals surface area contributed by atoms with Crippen LogP contribution in [0.15, 0.2) is 72.8 Å². The number of carbonyl (C=O) groups is 2. The molecule has 4 N–H and O–H groups in total. The molecule has 0 saturated heterocycles. The number of aryl methyl sites for hydroxylation is 1. The summed E-state index contributed by atoms with van der Waals surface area (Å²) >= 11 is 0. The maximum Gasteiger partial charge on any atom is 0.490 e. The van der Waals surface area contributed by atoms with E-state index in [1.807, 2.05) is 47.1 Å². The molecule has 1 amide bonds. The highest BCUT2D eigenvalue weighted by atomic mass is 19.4. The van der Waals surface area contributed by atoms with Crippen LogP contribution < -0.4 is 15.8 Å². The number of aliphatic carboxylic acids is 1. The smallest absolute Gasteiger partial charge is 0.478 e. The molecule has 0 saturated carbocycles. The monoisotopic (exact) mass is 829 g/mol. The van der Waals surface area contributed by atoms with Crippen molar-refractivity contribution in [3.05, 3.63) is 78.6 Å². The van der Waals surface area contributed by atoms with E-state index >= 15 is 0 Å². The highest BCUT2D eigenvalue weighted by molar-refractivity contribution is 5.75. The van der Waals surface area contributed by atoms with Crippen LogP contribution in [0.1, 0.15) is 71.0 Å². The van der Waals surface area contributed by atoms with Crippen LogP contribution in [0.2, 0.25) is 0 Å². The van der Waals surface area contributed by atoms with E-state index in [4.69, 9.17) is 39.6 Å². The van der Waals surface area contributed by atoms with Crippen molar-refractivity contribution < 1.29 is 46.8 Å². The topological polar surface area (TPSA) is 186 Å². The Kier molecular flexibility index (Phi) is 22.1. The predicted octanol–water partition coefficient (Wildman–Crippen LogP) is 6.64. The number of carbonyl (C=O) groups excluding carboxylic acids is 1. The molecule has 4 rings (SSSR count). The number of carboxylic acid groups (broad SMARTS) is 1. The van der Waals surface area contributed by atoms with Crippen molar-refractivity contribution in [2.75, 3.05) is 59.3 Å². The zero-order valence-corrected chi connectivity index (χ0v) is 34.0. The Morgan fingerprint density at radius 2 is 1.37 bits per heavy atom. The first-order valence-corrected chi connectivity index (χ1v) is 19.9. The molecule has 2 aromatic heterocycles. The van der Waals surface area contributed by atoms with Crippen molar-refractivity contribution >= 4 is 11.9 Å². The average molecular weight is 830 g/mol. The van der Waals surface area contributed by atoms with E-state index in [2.05, 4.69) is 65.0 Å². The zero-order valence-electron chi connectivity index (χ0n) is 34.0. The minimum Gasteiger partial charge on any atom is -0.478 e. The normalized spacial score (nSPS) is 11.5. The van der Waals surface area contributed by atoms with Crippen molar-refractivity contribution in [3.8, 4) is 28.3 Å². The summed E-state index contributed by atoms with van der Waals surface area (Å²) in [7, 11) is 0. The number of ether oxygens (including phenoxy) is 4. The van der Waals surface area contributed by atoms with Crippen molar-refractivity contribution in [1.29, 1.82) is 0 Å². The molecule has 0 radical (unpaired) electrons. The number of tetrazole rings is 1. The van der Waals surface area contributed by atoms with Gasteiger partial charge in [-0.05, 0) is 79.1 Å². The summed E-state index contributed by atoms with van der Waals surface area (Å²) in [5.74, 6) is -1.22. The molecule has 4 aromatic rings. The predicted molar refractivity (Wildman–Crippen MR) is 217 cm³/mol. The molecule has 0 aliphatic heterocycles. The lowest BCUT2D eigenvalue weighted by Gasteiger charge is -2.23. The molecule has 0 unspecified atom stereocenters. The molecule has 0 spiro atoms. The van der Waals surface area contributed by atoms with Crippen LogP contribution >= 0.6 is 0 Å². The van der Waals surface area contributed by atoms with Crippen LogP contribution in [0.3, 0.4) is 0 Å². The van der Waals surface area contributed by atoms with Gasteiger partial charge in [0.15, 0.2) is 5.82 Å². The molecule has 17 heteroatoms. The second-order valence-corrected chi connectivity index (χ2v) is 14.2. The van der Waals surface area contributed by atoms with E-state index < -0.39 is 12.1 Å². The summed E-state index contributed by atoms with van der Waals surface area (Å²) in [6, 6.07) is 24.6. The molecule has 59 heavy (non-hydrogen) atoms. The maximum atomic E-state index is 12.3. The number of aromatic nitrogens is 5. The largest absolute Gasteiger partial charge is 0.490 e. The number of hydrogen-bond donors (Lipinski definition) is 3. The molecule has 324 valence electrons. The van der Waals surface area contributed by atoms with E-state index in [-0.39, 0.29) is 11.3 Å². The second kappa shape index (κ2) is 26.9. The van der Waals surface area contributed by atoms with Crippen LogP contribution in [-0.2, 0) is 35.8 Å². The lowest BCUT2D eigenvalue weighted by Crippen LogP contribution is -2.25. The highest BCUT2D eigenvalue weighted by Gasteiger charge is 2.38. The van der Waals surface area contributed by atoms with E-state index in [1.54, 1.807) is 0 Å². The summed E-state index contributed by atoms with van der Waals surface area (Å²) < 4.78 is 56.2. The number of hydrogen-bond acceptors (Lipinski definition) is 11. The van der Waals surface area contributed by atoms with Gasteiger partial charge in [0.05, 0.1) is 38.7 Å². The molecule has 14 nitrogen and oxygen atoms in total. The van der Waals surface area contributed by atoms with Crippen LogP contribution in [-0.4, -0.2) is 108 Å². The summed E-state index contributed by atoms with van der Waals surface area (Å²) in [6.07, 6.45) is 1.33. The molecule has 0 aliphatic rings. The molecule has 0 atom stereocenters.